The van der Waals surface area contributed by atoms with E-state index in [1.807, 2.05) is 6.92 Å². The maximum absolute atomic E-state index is 10.6. The number of carbonyl (C=O) groups is 1. The Morgan fingerprint density at radius 1 is 1.64 bits per heavy atom. The van der Waals surface area contributed by atoms with Crippen molar-refractivity contribution in [1.82, 2.24) is 0 Å². The van der Waals surface area contributed by atoms with E-state index in [1.54, 1.807) is 0 Å². The van der Waals surface area contributed by atoms with Gasteiger partial charge in [-0.05, 0) is 24.3 Å². The molecule has 2 N–H and O–H groups in total. The van der Waals surface area contributed by atoms with Gasteiger partial charge in [0, 0.05) is 4.91 Å². The third-order valence-corrected chi connectivity index (χ3v) is 2.56. The number of amides is 1. The van der Waals surface area contributed by atoms with Crippen molar-refractivity contribution >= 4 is 6.09 Å². The molecular formula is C8H14N4O2. The van der Waals surface area contributed by atoms with Gasteiger partial charge in [0.25, 0.3) is 0 Å². The van der Waals surface area contributed by atoms with Crippen LogP contribution in [0.3, 0.4) is 0 Å². The van der Waals surface area contributed by atoms with Gasteiger partial charge in [0.15, 0.2) is 0 Å². The van der Waals surface area contributed by atoms with Gasteiger partial charge in [0.2, 0.25) is 0 Å². The molecule has 0 heterocycles. The molecule has 78 valence electrons. The summed E-state index contributed by atoms with van der Waals surface area (Å²) in [5.74, 6) is 0.240. The highest BCUT2D eigenvalue weighted by molar-refractivity contribution is 5.64. The SMILES string of the molecule is CC1CCCC(OC(N)=O)C1N=[N+]=[N-]. The normalized spacial score (nSPS) is 31.6. The summed E-state index contributed by atoms with van der Waals surface area (Å²) in [7, 11) is 0. The third kappa shape index (κ3) is 2.53. The molecule has 1 saturated carbocycles. The van der Waals surface area contributed by atoms with E-state index < -0.39 is 6.09 Å². The molecule has 3 unspecified atom stereocenters. The number of nitrogens with two attached hydrogens (primary N) is 1. The largest absolute Gasteiger partial charge is 0.446 e. The number of rotatable bonds is 2. The zero-order valence-electron chi connectivity index (χ0n) is 8.09. The molecule has 1 fully saturated rings. The van der Waals surface area contributed by atoms with Crippen LogP contribution in [0.5, 0.6) is 0 Å². The van der Waals surface area contributed by atoms with Crippen LogP contribution in [-0.4, -0.2) is 18.2 Å². The van der Waals surface area contributed by atoms with Crippen LogP contribution in [0.2, 0.25) is 0 Å². The van der Waals surface area contributed by atoms with Crippen molar-refractivity contribution in [3.05, 3.63) is 10.4 Å². The Kier molecular flexibility index (Phi) is 3.59. The second-order valence-corrected chi connectivity index (χ2v) is 3.58. The van der Waals surface area contributed by atoms with Crippen LogP contribution >= 0.6 is 0 Å². The maximum Gasteiger partial charge on any atom is 0.404 e. The summed E-state index contributed by atoms with van der Waals surface area (Å²) < 4.78 is 4.90. The van der Waals surface area contributed by atoms with Gasteiger partial charge in [-0.25, -0.2) is 4.79 Å². The van der Waals surface area contributed by atoms with Gasteiger partial charge in [-0.3, -0.25) is 0 Å². The van der Waals surface area contributed by atoms with Crippen molar-refractivity contribution in [3.8, 4) is 0 Å². The molecule has 6 heteroatoms. The fraction of sp³-hybridized carbons (Fsp3) is 0.875. The lowest BCUT2D eigenvalue weighted by Crippen LogP contribution is -2.39. The number of carbonyl (C=O) groups excluding carboxylic acids is 1. The van der Waals surface area contributed by atoms with Crippen LogP contribution < -0.4 is 5.73 Å². The van der Waals surface area contributed by atoms with E-state index in [1.165, 1.54) is 0 Å². The highest BCUT2D eigenvalue weighted by atomic mass is 16.6. The lowest BCUT2D eigenvalue weighted by atomic mass is 9.84. The standard InChI is InChI=1S/C8H14N4O2/c1-5-3-2-4-6(14-8(9)13)7(5)11-12-10/h5-7H,2-4H2,1H3,(H2,9,13). The Morgan fingerprint density at radius 2 is 2.36 bits per heavy atom. The molecule has 14 heavy (non-hydrogen) atoms. The van der Waals surface area contributed by atoms with E-state index in [4.69, 9.17) is 16.0 Å². The number of nitrogens with zero attached hydrogens (tertiary/aromatic N) is 3. The van der Waals surface area contributed by atoms with Crippen LogP contribution in [0.25, 0.3) is 10.4 Å². The minimum absolute atomic E-state index is 0.240. The Hall–Kier alpha value is -1.42. The predicted molar refractivity (Wildman–Crippen MR) is 50.4 cm³/mol. The van der Waals surface area contributed by atoms with E-state index in [-0.39, 0.29) is 18.1 Å². The summed E-state index contributed by atoms with van der Waals surface area (Å²) in [5.41, 5.74) is 13.3. The summed E-state index contributed by atoms with van der Waals surface area (Å²) in [6.07, 6.45) is 1.52. The van der Waals surface area contributed by atoms with Gasteiger partial charge < -0.3 is 10.5 Å². The topological polar surface area (TPSA) is 101 Å². The van der Waals surface area contributed by atoms with E-state index in [0.717, 1.165) is 19.3 Å². The van der Waals surface area contributed by atoms with Crippen LogP contribution in [0.1, 0.15) is 26.2 Å². The molecular weight excluding hydrogens is 184 g/mol. The van der Waals surface area contributed by atoms with Crippen molar-refractivity contribution in [1.29, 1.82) is 0 Å². The fourth-order valence-electron chi connectivity index (χ4n) is 1.87. The molecule has 0 bridgehead atoms. The summed E-state index contributed by atoms with van der Waals surface area (Å²) >= 11 is 0. The van der Waals surface area contributed by atoms with Gasteiger partial charge in [-0.15, -0.1) is 0 Å². The van der Waals surface area contributed by atoms with Gasteiger partial charge in [-0.1, -0.05) is 18.5 Å². The molecule has 0 aromatic carbocycles. The van der Waals surface area contributed by atoms with E-state index in [2.05, 4.69) is 10.0 Å². The molecule has 1 aliphatic carbocycles. The van der Waals surface area contributed by atoms with Crippen LogP contribution in [0.4, 0.5) is 4.79 Å². The van der Waals surface area contributed by atoms with Crippen molar-refractivity contribution in [2.45, 2.75) is 38.3 Å². The van der Waals surface area contributed by atoms with Crippen molar-refractivity contribution in [3.63, 3.8) is 0 Å². The zero-order valence-corrected chi connectivity index (χ0v) is 8.09. The molecule has 0 spiro atoms. The van der Waals surface area contributed by atoms with E-state index >= 15 is 0 Å². The number of hydrogen-bond acceptors (Lipinski definition) is 3. The number of hydrogen-bond donors (Lipinski definition) is 1. The third-order valence-electron chi connectivity index (χ3n) is 2.56. The van der Waals surface area contributed by atoms with E-state index in [0.29, 0.717) is 0 Å². The Morgan fingerprint density at radius 3 is 2.93 bits per heavy atom. The smallest absolute Gasteiger partial charge is 0.404 e. The molecule has 6 nitrogen and oxygen atoms in total. The predicted octanol–water partition coefficient (Wildman–Crippen LogP) is 1.95. The van der Waals surface area contributed by atoms with Gasteiger partial charge in [-0.2, -0.15) is 0 Å². The van der Waals surface area contributed by atoms with Crippen LogP contribution in [0, 0.1) is 5.92 Å². The quantitative estimate of drug-likeness (QED) is 0.416. The molecule has 1 rings (SSSR count). The first-order valence-electron chi connectivity index (χ1n) is 4.65. The fourth-order valence-corrected chi connectivity index (χ4v) is 1.87. The van der Waals surface area contributed by atoms with Gasteiger partial charge >= 0.3 is 6.09 Å². The van der Waals surface area contributed by atoms with Crippen molar-refractivity contribution in [2.75, 3.05) is 0 Å². The molecule has 1 aliphatic rings. The van der Waals surface area contributed by atoms with Gasteiger partial charge in [0.1, 0.15) is 6.10 Å². The lowest BCUT2D eigenvalue weighted by molar-refractivity contribution is 0.0528. The Balaban J connectivity index is 2.68. The molecule has 0 radical (unpaired) electrons. The highest BCUT2D eigenvalue weighted by Gasteiger charge is 2.32. The molecule has 0 aromatic rings. The van der Waals surface area contributed by atoms with Crippen LogP contribution in [-0.2, 0) is 4.74 Å². The molecule has 0 aliphatic heterocycles. The highest BCUT2D eigenvalue weighted by Crippen LogP contribution is 2.29. The first kappa shape index (κ1) is 10.7. The second-order valence-electron chi connectivity index (χ2n) is 3.58. The second kappa shape index (κ2) is 4.72. The zero-order chi connectivity index (χ0) is 10.6. The number of azide groups is 1. The number of ether oxygens (including phenoxy) is 1. The summed E-state index contributed by atoms with van der Waals surface area (Å²) in [4.78, 5) is 13.3. The summed E-state index contributed by atoms with van der Waals surface area (Å²) in [5, 5.41) is 3.65. The minimum atomic E-state index is -0.803. The summed E-state index contributed by atoms with van der Waals surface area (Å²) in [6.45, 7) is 1.98. The van der Waals surface area contributed by atoms with Crippen molar-refractivity contribution in [2.24, 2.45) is 16.8 Å². The molecule has 3 atom stereocenters. The van der Waals surface area contributed by atoms with Crippen LogP contribution in [0.15, 0.2) is 5.11 Å². The average molecular weight is 198 g/mol. The molecule has 0 saturated heterocycles. The first-order valence-corrected chi connectivity index (χ1v) is 4.65. The monoisotopic (exact) mass is 198 g/mol. The first-order chi connectivity index (χ1) is 6.65. The average Bonchev–Trinajstić information content (AvgIpc) is 2.10. The molecule has 1 amide bonds. The Bertz CT molecular complexity index is 262. The number of primary amides is 1. The summed E-state index contributed by atoms with van der Waals surface area (Å²) in [6, 6.07) is -0.277. The maximum atomic E-state index is 10.6. The Labute approximate surface area is 82.0 Å². The van der Waals surface area contributed by atoms with Crippen molar-refractivity contribution < 1.29 is 9.53 Å². The molecule has 0 aromatic heterocycles. The minimum Gasteiger partial charge on any atom is -0.446 e. The van der Waals surface area contributed by atoms with Gasteiger partial charge in [0.05, 0.1) is 6.04 Å². The van der Waals surface area contributed by atoms with E-state index in [9.17, 15) is 4.79 Å². The lowest BCUT2D eigenvalue weighted by Gasteiger charge is -2.32.